The van der Waals surface area contributed by atoms with E-state index in [-0.39, 0.29) is 6.61 Å². The number of nitrogens with one attached hydrogen (secondary N) is 1. The third-order valence-electron chi connectivity index (χ3n) is 0.768. The van der Waals surface area contributed by atoms with Crippen LogP contribution in [0.25, 0.3) is 0 Å². The van der Waals surface area contributed by atoms with E-state index in [9.17, 15) is 0 Å². The van der Waals surface area contributed by atoms with Crippen molar-refractivity contribution in [3.05, 3.63) is 5.75 Å². The van der Waals surface area contributed by atoms with Gasteiger partial charge in [-0.1, -0.05) is 11.8 Å². The Morgan fingerprint density at radius 2 is 2.60 bits per heavy atom. The average molecular weight is 159 g/mol. The van der Waals surface area contributed by atoms with Crippen molar-refractivity contribution >= 4 is 11.8 Å². The molecule has 0 saturated carbocycles. The summed E-state index contributed by atoms with van der Waals surface area (Å²) in [5, 5.41) is 22.0. The summed E-state index contributed by atoms with van der Waals surface area (Å²) in [5.74, 6) is 1.84. The highest BCUT2D eigenvalue weighted by atomic mass is 32.2. The predicted octanol–water partition coefficient (Wildman–Crippen LogP) is -0.164. The first kappa shape index (κ1) is 7.49. The summed E-state index contributed by atoms with van der Waals surface area (Å²) in [6, 6.07) is 0. The van der Waals surface area contributed by atoms with Gasteiger partial charge < -0.3 is 5.11 Å². The van der Waals surface area contributed by atoms with Gasteiger partial charge in [0.25, 0.3) is 0 Å². The van der Waals surface area contributed by atoms with Gasteiger partial charge in [0.2, 0.25) is 5.16 Å². The lowest BCUT2D eigenvalue weighted by Gasteiger charge is -1.90. The molecule has 5 nitrogen and oxygen atoms in total. The van der Waals surface area contributed by atoms with Gasteiger partial charge in [0, 0.05) is 12.4 Å². The molecule has 55 valence electrons. The summed E-state index contributed by atoms with van der Waals surface area (Å²) >= 11 is 1.37. The Kier molecular flexibility index (Phi) is 3.17. The van der Waals surface area contributed by atoms with Crippen LogP contribution in [0.15, 0.2) is 5.16 Å². The largest absolute Gasteiger partial charge is 0.396 e. The van der Waals surface area contributed by atoms with Crippen LogP contribution in [0.2, 0.25) is 0 Å². The Morgan fingerprint density at radius 3 is 3.20 bits per heavy atom. The standard InChI is InChI=1S/C4H7N4OS/c9-2-1-3-10-4-5-7-8-6-4/h3,9H,1-2H2,(H,5,6,7,8). The first-order valence-electron chi connectivity index (χ1n) is 2.76. The number of H-pyrrole nitrogens is 1. The van der Waals surface area contributed by atoms with Gasteiger partial charge >= 0.3 is 0 Å². The maximum absolute atomic E-state index is 8.39. The Labute approximate surface area is 62.2 Å². The van der Waals surface area contributed by atoms with E-state index in [1.807, 2.05) is 5.75 Å². The number of thioether (sulfide) groups is 1. The van der Waals surface area contributed by atoms with Gasteiger partial charge in [-0.15, -0.1) is 5.10 Å². The van der Waals surface area contributed by atoms with Crippen molar-refractivity contribution in [1.82, 2.24) is 20.6 Å². The minimum atomic E-state index is 0.161. The van der Waals surface area contributed by atoms with Gasteiger partial charge in [-0.05, 0) is 16.8 Å². The number of hydrogen-bond acceptors (Lipinski definition) is 5. The average Bonchev–Trinajstić information content (AvgIpc) is 2.41. The molecule has 1 aromatic heterocycles. The normalized spacial score (nSPS) is 10.1. The topological polar surface area (TPSA) is 74.7 Å². The minimum absolute atomic E-state index is 0.161. The number of hydrogen-bond donors (Lipinski definition) is 2. The lowest BCUT2D eigenvalue weighted by molar-refractivity contribution is 0.301. The summed E-state index contributed by atoms with van der Waals surface area (Å²) < 4.78 is 0. The fraction of sp³-hybridized carbons (Fsp3) is 0.500. The van der Waals surface area contributed by atoms with E-state index < -0.39 is 0 Å². The van der Waals surface area contributed by atoms with Crippen molar-refractivity contribution in [2.75, 3.05) is 6.61 Å². The molecule has 0 saturated heterocycles. The first-order valence-corrected chi connectivity index (χ1v) is 3.64. The van der Waals surface area contributed by atoms with E-state index in [1.165, 1.54) is 11.8 Å². The lowest BCUT2D eigenvalue weighted by Crippen LogP contribution is -1.80. The van der Waals surface area contributed by atoms with Gasteiger partial charge in [0.15, 0.2) is 0 Å². The van der Waals surface area contributed by atoms with Gasteiger partial charge in [-0.25, -0.2) is 5.10 Å². The molecule has 0 fully saturated rings. The number of rotatable bonds is 4. The van der Waals surface area contributed by atoms with Crippen LogP contribution >= 0.6 is 11.8 Å². The number of aromatic nitrogens is 4. The van der Waals surface area contributed by atoms with Crippen LogP contribution in [0.4, 0.5) is 0 Å². The second-order valence-electron chi connectivity index (χ2n) is 1.50. The zero-order valence-electron chi connectivity index (χ0n) is 5.19. The zero-order chi connectivity index (χ0) is 7.23. The molecule has 1 radical (unpaired) electrons. The van der Waals surface area contributed by atoms with E-state index in [0.29, 0.717) is 11.6 Å². The molecule has 2 N–H and O–H groups in total. The van der Waals surface area contributed by atoms with Crippen LogP contribution < -0.4 is 0 Å². The highest BCUT2D eigenvalue weighted by Gasteiger charge is 1.95. The van der Waals surface area contributed by atoms with Gasteiger partial charge in [-0.2, -0.15) is 0 Å². The molecule has 0 aliphatic rings. The zero-order valence-corrected chi connectivity index (χ0v) is 6.01. The molecule has 0 atom stereocenters. The molecule has 1 heterocycles. The Balaban J connectivity index is 2.15. The van der Waals surface area contributed by atoms with Crippen molar-refractivity contribution in [3.8, 4) is 0 Å². The van der Waals surface area contributed by atoms with E-state index in [1.54, 1.807) is 0 Å². The van der Waals surface area contributed by atoms with Crippen molar-refractivity contribution in [1.29, 1.82) is 0 Å². The smallest absolute Gasteiger partial charge is 0.207 e. The SMILES string of the molecule is OCC[CH]Sc1nnn[nH]1. The molecule has 6 heteroatoms. The Hall–Kier alpha value is -0.620. The summed E-state index contributed by atoms with van der Waals surface area (Å²) in [7, 11) is 0. The van der Waals surface area contributed by atoms with Crippen molar-refractivity contribution in [3.63, 3.8) is 0 Å². The van der Waals surface area contributed by atoms with Crippen LogP contribution in [0.5, 0.6) is 0 Å². The number of aliphatic hydroxyl groups is 1. The summed E-state index contributed by atoms with van der Waals surface area (Å²) in [6.45, 7) is 0.161. The summed E-state index contributed by atoms with van der Waals surface area (Å²) in [5.41, 5.74) is 0. The molecular weight excluding hydrogens is 152 g/mol. The fourth-order valence-corrected chi connectivity index (χ4v) is 0.949. The molecule has 1 aromatic rings. The van der Waals surface area contributed by atoms with Crippen LogP contribution in [0.3, 0.4) is 0 Å². The third kappa shape index (κ3) is 2.32. The van der Waals surface area contributed by atoms with E-state index in [2.05, 4.69) is 20.6 Å². The fourth-order valence-electron chi connectivity index (χ4n) is 0.391. The lowest BCUT2D eigenvalue weighted by atomic mass is 10.5. The molecule has 0 bridgehead atoms. The predicted molar refractivity (Wildman–Crippen MR) is 36.0 cm³/mol. The quantitative estimate of drug-likeness (QED) is 0.471. The Bertz CT molecular complexity index is 166. The van der Waals surface area contributed by atoms with Gasteiger partial charge in [0.1, 0.15) is 0 Å². The minimum Gasteiger partial charge on any atom is -0.396 e. The Morgan fingerprint density at radius 1 is 1.70 bits per heavy atom. The highest BCUT2D eigenvalue weighted by Crippen LogP contribution is 2.14. The number of nitrogens with zero attached hydrogens (tertiary/aromatic N) is 3. The molecule has 0 spiro atoms. The van der Waals surface area contributed by atoms with Crippen molar-refractivity contribution in [2.45, 2.75) is 11.6 Å². The van der Waals surface area contributed by atoms with Crippen LogP contribution in [-0.4, -0.2) is 32.3 Å². The second-order valence-corrected chi connectivity index (χ2v) is 2.46. The van der Waals surface area contributed by atoms with E-state index in [4.69, 9.17) is 5.11 Å². The number of tetrazole rings is 1. The molecule has 0 aliphatic heterocycles. The number of aliphatic hydroxyl groups excluding tert-OH is 1. The summed E-state index contributed by atoms with van der Waals surface area (Å²) in [4.78, 5) is 0. The first-order chi connectivity index (χ1) is 4.93. The highest BCUT2D eigenvalue weighted by molar-refractivity contribution is 8.01. The molecule has 0 unspecified atom stereocenters. The second kappa shape index (κ2) is 4.24. The molecule has 0 aliphatic carbocycles. The van der Waals surface area contributed by atoms with E-state index >= 15 is 0 Å². The number of aromatic amines is 1. The van der Waals surface area contributed by atoms with Crippen LogP contribution in [-0.2, 0) is 0 Å². The van der Waals surface area contributed by atoms with Crippen molar-refractivity contribution < 1.29 is 5.11 Å². The maximum atomic E-state index is 8.39. The summed E-state index contributed by atoms with van der Waals surface area (Å²) in [6.07, 6.45) is 0.644. The van der Waals surface area contributed by atoms with E-state index in [0.717, 1.165) is 0 Å². The van der Waals surface area contributed by atoms with Crippen LogP contribution in [0, 0.1) is 5.75 Å². The third-order valence-corrected chi connectivity index (χ3v) is 1.57. The van der Waals surface area contributed by atoms with Gasteiger partial charge in [-0.3, -0.25) is 0 Å². The molecule has 10 heavy (non-hydrogen) atoms. The molecule has 1 rings (SSSR count). The molecule has 0 amide bonds. The molecule has 0 aromatic carbocycles. The van der Waals surface area contributed by atoms with Crippen molar-refractivity contribution in [2.24, 2.45) is 0 Å². The van der Waals surface area contributed by atoms with Crippen LogP contribution in [0.1, 0.15) is 6.42 Å². The monoisotopic (exact) mass is 159 g/mol. The van der Waals surface area contributed by atoms with Gasteiger partial charge in [0.05, 0.1) is 0 Å². The maximum Gasteiger partial charge on any atom is 0.207 e. The molecular formula is C4H7N4OS.